The summed E-state index contributed by atoms with van der Waals surface area (Å²) in [5.41, 5.74) is 3.16. The van der Waals surface area contributed by atoms with Crippen molar-refractivity contribution in [2.24, 2.45) is 0 Å². The van der Waals surface area contributed by atoms with Gasteiger partial charge in [0.2, 0.25) is 0 Å². The number of H-pyrrole nitrogens is 1. The van der Waals surface area contributed by atoms with E-state index in [4.69, 9.17) is 4.98 Å². The number of imidazole rings is 1. The second kappa shape index (κ2) is 7.20. The molecular weight excluding hydrogens is 324 g/mol. The van der Waals surface area contributed by atoms with Crippen molar-refractivity contribution in [2.75, 3.05) is 13.1 Å². The third-order valence-electron chi connectivity index (χ3n) is 5.14. The number of rotatable bonds is 3. The van der Waals surface area contributed by atoms with Crippen molar-refractivity contribution in [2.45, 2.75) is 31.7 Å². The number of nitrogens with one attached hydrogen (secondary N) is 2. The smallest absolute Gasteiger partial charge is 0.317 e. The van der Waals surface area contributed by atoms with E-state index in [0.29, 0.717) is 6.54 Å². The molecule has 3 aromatic rings. The highest BCUT2D eigenvalue weighted by molar-refractivity contribution is 5.76. The molecule has 2 heterocycles. The summed E-state index contributed by atoms with van der Waals surface area (Å²) in [6.45, 7) is 3.52. The van der Waals surface area contributed by atoms with Crippen LogP contribution in [0.25, 0.3) is 11.0 Å². The summed E-state index contributed by atoms with van der Waals surface area (Å²) in [5, 5.41) is 3.12. The Morgan fingerprint density at radius 3 is 2.77 bits per heavy atom. The third-order valence-corrected chi connectivity index (χ3v) is 5.14. The highest BCUT2D eigenvalue weighted by Gasteiger charge is 2.27. The molecule has 0 bridgehead atoms. The van der Waals surface area contributed by atoms with Crippen molar-refractivity contribution >= 4 is 17.1 Å². The molecule has 1 fully saturated rings. The van der Waals surface area contributed by atoms with Crippen molar-refractivity contribution in [3.05, 3.63) is 66.0 Å². The van der Waals surface area contributed by atoms with E-state index in [1.165, 1.54) is 0 Å². The van der Waals surface area contributed by atoms with Crippen molar-refractivity contribution < 1.29 is 4.79 Å². The fourth-order valence-corrected chi connectivity index (χ4v) is 3.65. The summed E-state index contributed by atoms with van der Waals surface area (Å²) in [5.74, 6) is 1.24. The number of nitrogens with zero attached hydrogens (tertiary/aromatic N) is 2. The van der Waals surface area contributed by atoms with Crippen LogP contribution in [0.5, 0.6) is 0 Å². The predicted molar refractivity (Wildman–Crippen MR) is 103 cm³/mol. The minimum atomic E-state index is -0.00437. The van der Waals surface area contributed by atoms with Gasteiger partial charge < -0.3 is 15.2 Å². The highest BCUT2D eigenvalue weighted by Crippen LogP contribution is 2.27. The number of carbonyl (C=O) groups excluding carboxylic acids is 1. The van der Waals surface area contributed by atoms with Gasteiger partial charge in [0.05, 0.1) is 17.1 Å². The Kier molecular flexibility index (Phi) is 4.61. The molecule has 0 aliphatic carbocycles. The van der Waals surface area contributed by atoms with Crippen molar-refractivity contribution in [1.29, 1.82) is 0 Å². The number of hydrogen-bond acceptors (Lipinski definition) is 2. The number of urea groups is 1. The summed E-state index contributed by atoms with van der Waals surface area (Å²) in [6.07, 6.45) is 2.05. The normalized spacial score (nSPS) is 18.7. The molecule has 26 heavy (non-hydrogen) atoms. The van der Waals surface area contributed by atoms with Gasteiger partial charge in [0.15, 0.2) is 0 Å². The van der Waals surface area contributed by atoms with Gasteiger partial charge in [-0.2, -0.15) is 0 Å². The number of benzene rings is 2. The first-order valence-electron chi connectivity index (χ1n) is 9.26. The second-order valence-corrected chi connectivity index (χ2v) is 7.01. The van der Waals surface area contributed by atoms with Crippen LogP contribution in [0.3, 0.4) is 0 Å². The minimum Gasteiger partial charge on any atom is -0.342 e. The van der Waals surface area contributed by atoms with Gasteiger partial charge in [-0.05, 0) is 37.5 Å². The molecule has 2 amide bonds. The second-order valence-electron chi connectivity index (χ2n) is 7.01. The highest BCUT2D eigenvalue weighted by atomic mass is 16.2. The van der Waals surface area contributed by atoms with Crippen LogP contribution in [-0.4, -0.2) is 34.0 Å². The van der Waals surface area contributed by atoms with E-state index in [9.17, 15) is 4.79 Å². The fraction of sp³-hybridized carbons (Fsp3) is 0.333. The lowest BCUT2D eigenvalue weighted by Crippen LogP contribution is -2.45. The molecule has 0 unspecified atom stereocenters. The number of hydrogen-bond donors (Lipinski definition) is 2. The summed E-state index contributed by atoms with van der Waals surface area (Å²) < 4.78 is 0. The zero-order valence-electron chi connectivity index (χ0n) is 15.0. The minimum absolute atomic E-state index is 0.00200. The van der Waals surface area contributed by atoms with Gasteiger partial charge in [-0.15, -0.1) is 0 Å². The lowest BCUT2D eigenvalue weighted by Gasteiger charge is -2.32. The molecule has 4 rings (SSSR count). The van der Waals surface area contributed by atoms with Crippen LogP contribution in [-0.2, 0) is 0 Å². The molecule has 2 atom stereocenters. The van der Waals surface area contributed by atoms with Gasteiger partial charge in [0.25, 0.3) is 0 Å². The molecule has 1 aliphatic rings. The Balaban J connectivity index is 1.43. The number of fused-ring (bicyclic) bond motifs is 1. The Bertz CT molecular complexity index is 856. The molecule has 1 aromatic heterocycles. The maximum atomic E-state index is 12.7. The molecule has 2 aromatic carbocycles. The van der Waals surface area contributed by atoms with E-state index in [0.717, 1.165) is 41.8 Å². The quantitative estimate of drug-likeness (QED) is 0.745. The van der Waals surface area contributed by atoms with Crippen molar-refractivity contribution in [3.8, 4) is 0 Å². The predicted octanol–water partition coefficient (Wildman–Crippen LogP) is 4.21. The number of likely N-dealkylation sites (tertiary alicyclic amines) is 1. The molecule has 5 heteroatoms. The van der Waals surface area contributed by atoms with Crippen LogP contribution in [0.4, 0.5) is 4.79 Å². The fourth-order valence-electron chi connectivity index (χ4n) is 3.65. The first-order valence-corrected chi connectivity index (χ1v) is 9.26. The SMILES string of the molecule is C[C@H](NC(=O)N1CCC[C@H](c2nc3ccccc3[nH]2)C1)c1ccccc1. The summed E-state index contributed by atoms with van der Waals surface area (Å²) in [4.78, 5) is 22.8. The lowest BCUT2D eigenvalue weighted by molar-refractivity contribution is 0.175. The first-order chi connectivity index (χ1) is 12.7. The van der Waals surface area contributed by atoms with E-state index in [-0.39, 0.29) is 18.0 Å². The van der Waals surface area contributed by atoms with Crippen LogP contribution in [0.2, 0.25) is 0 Å². The van der Waals surface area contributed by atoms with Gasteiger partial charge >= 0.3 is 6.03 Å². The van der Waals surface area contributed by atoms with Crippen LogP contribution in [0.15, 0.2) is 54.6 Å². The summed E-state index contributed by atoms with van der Waals surface area (Å²) in [6, 6.07) is 18.1. The average molecular weight is 348 g/mol. The molecule has 1 saturated heterocycles. The molecule has 134 valence electrons. The number of aromatic amines is 1. The van der Waals surface area contributed by atoms with Gasteiger partial charge in [-0.3, -0.25) is 0 Å². The Morgan fingerprint density at radius 2 is 1.96 bits per heavy atom. The Labute approximate surface area is 153 Å². The summed E-state index contributed by atoms with van der Waals surface area (Å²) in [7, 11) is 0. The number of aromatic nitrogens is 2. The molecule has 5 nitrogen and oxygen atoms in total. The van der Waals surface area contributed by atoms with Crippen LogP contribution in [0.1, 0.15) is 43.1 Å². The van der Waals surface area contributed by atoms with Crippen LogP contribution >= 0.6 is 0 Å². The van der Waals surface area contributed by atoms with Crippen molar-refractivity contribution in [1.82, 2.24) is 20.2 Å². The van der Waals surface area contributed by atoms with Crippen molar-refractivity contribution in [3.63, 3.8) is 0 Å². The van der Waals surface area contributed by atoms with E-state index in [1.54, 1.807) is 0 Å². The first kappa shape index (κ1) is 16.6. The van der Waals surface area contributed by atoms with E-state index in [2.05, 4.69) is 10.3 Å². The number of para-hydroxylation sites is 2. The topological polar surface area (TPSA) is 61.0 Å². The number of carbonyl (C=O) groups is 1. The number of amides is 2. The Hall–Kier alpha value is -2.82. The standard InChI is InChI=1S/C21H24N4O/c1-15(16-8-3-2-4-9-16)22-21(26)25-13-7-10-17(14-25)20-23-18-11-5-6-12-19(18)24-20/h2-6,8-9,11-12,15,17H,7,10,13-14H2,1H3,(H,22,26)(H,23,24)/t15-,17-/m0/s1. The van der Waals surface area contributed by atoms with Crippen LogP contribution < -0.4 is 5.32 Å². The molecule has 0 spiro atoms. The van der Waals surface area contributed by atoms with Gasteiger partial charge in [0, 0.05) is 19.0 Å². The molecule has 1 aliphatic heterocycles. The van der Waals surface area contributed by atoms with E-state index < -0.39 is 0 Å². The zero-order chi connectivity index (χ0) is 17.9. The maximum absolute atomic E-state index is 12.7. The van der Waals surface area contributed by atoms with E-state index in [1.807, 2.05) is 66.4 Å². The molecule has 0 radical (unpaired) electrons. The average Bonchev–Trinajstić information content (AvgIpc) is 3.13. The van der Waals surface area contributed by atoms with Gasteiger partial charge in [0.1, 0.15) is 5.82 Å². The lowest BCUT2D eigenvalue weighted by atomic mass is 9.97. The summed E-state index contributed by atoms with van der Waals surface area (Å²) >= 11 is 0. The van der Waals surface area contributed by atoms with Gasteiger partial charge in [-0.25, -0.2) is 9.78 Å². The zero-order valence-corrected chi connectivity index (χ0v) is 15.0. The third kappa shape index (κ3) is 3.43. The van der Waals surface area contributed by atoms with E-state index >= 15 is 0 Å². The van der Waals surface area contributed by atoms with Crippen LogP contribution in [0, 0.1) is 0 Å². The molecular formula is C21H24N4O. The molecule has 0 saturated carbocycles. The van der Waals surface area contributed by atoms with Gasteiger partial charge in [-0.1, -0.05) is 42.5 Å². The largest absolute Gasteiger partial charge is 0.342 e. The monoisotopic (exact) mass is 348 g/mol. The number of piperidine rings is 1. The molecule has 2 N–H and O–H groups in total. The maximum Gasteiger partial charge on any atom is 0.317 e. The Morgan fingerprint density at radius 1 is 1.19 bits per heavy atom.